The number of nitrogens with one attached hydrogen (secondary N) is 1. The molecular formula is C24H28FN3O2. The van der Waals surface area contributed by atoms with Gasteiger partial charge in [0, 0.05) is 24.5 Å². The molecule has 3 aromatic rings. The summed E-state index contributed by atoms with van der Waals surface area (Å²) < 4.78 is 18.5. The molecule has 1 aromatic carbocycles. The molecular weight excluding hydrogens is 381 g/mol. The first kappa shape index (κ1) is 23.0. The number of hydrogen-bond acceptors (Lipinski definition) is 4. The molecule has 0 atom stereocenters. The largest absolute Gasteiger partial charge is 0.496 e. The molecule has 0 unspecified atom stereocenters. The summed E-state index contributed by atoms with van der Waals surface area (Å²) in [7, 11) is 1.63. The molecule has 0 saturated heterocycles. The lowest BCUT2D eigenvalue weighted by atomic mass is 10.0. The van der Waals surface area contributed by atoms with Crippen LogP contribution in [0.3, 0.4) is 0 Å². The molecule has 6 heteroatoms. The van der Waals surface area contributed by atoms with Crippen molar-refractivity contribution < 1.29 is 13.9 Å². The highest BCUT2D eigenvalue weighted by molar-refractivity contribution is 5.99. The molecule has 5 nitrogen and oxygen atoms in total. The molecule has 158 valence electrons. The number of rotatable bonds is 7. The second kappa shape index (κ2) is 11.7. The van der Waals surface area contributed by atoms with Crippen LogP contribution in [0.1, 0.15) is 41.9 Å². The Hall–Kier alpha value is -3.28. The summed E-state index contributed by atoms with van der Waals surface area (Å²) in [5.41, 5.74) is 3.84. The van der Waals surface area contributed by atoms with Gasteiger partial charge in [0.1, 0.15) is 17.3 Å². The summed E-state index contributed by atoms with van der Waals surface area (Å²) >= 11 is 0. The number of carbonyl (C=O) groups excluding carboxylic acids is 1. The van der Waals surface area contributed by atoms with E-state index in [0.717, 1.165) is 28.0 Å². The molecule has 2 aromatic heterocycles. The van der Waals surface area contributed by atoms with E-state index in [1.54, 1.807) is 19.5 Å². The molecule has 0 aliphatic carbocycles. The maximum atomic E-state index is 13.2. The smallest absolute Gasteiger partial charge is 0.270 e. The highest BCUT2D eigenvalue weighted by atomic mass is 19.1. The lowest BCUT2D eigenvalue weighted by Crippen LogP contribution is -2.26. The monoisotopic (exact) mass is 409 g/mol. The van der Waals surface area contributed by atoms with Crippen LogP contribution in [-0.2, 0) is 6.42 Å². The molecule has 0 aliphatic rings. The Labute approximate surface area is 177 Å². The van der Waals surface area contributed by atoms with Crippen molar-refractivity contribution in [3.63, 3.8) is 0 Å². The predicted octanol–water partition coefficient (Wildman–Crippen LogP) is 4.99. The van der Waals surface area contributed by atoms with Gasteiger partial charge >= 0.3 is 0 Å². The van der Waals surface area contributed by atoms with Crippen molar-refractivity contribution in [3.8, 4) is 16.9 Å². The Morgan fingerprint density at radius 2 is 1.97 bits per heavy atom. The summed E-state index contributed by atoms with van der Waals surface area (Å²) in [5.74, 6) is 0.210. The van der Waals surface area contributed by atoms with Gasteiger partial charge in [-0.05, 0) is 60.7 Å². The van der Waals surface area contributed by atoms with Gasteiger partial charge in [-0.15, -0.1) is 0 Å². The zero-order valence-electron chi connectivity index (χ0n) is 17.9. The number of nitrogens with zero attached hydrogens (tertiary/aromatic N) is 2. The fourth-order valence-corrected chi connectivity index (χ4v) is 3.04. The molecule has 0 bridgehead atoms. The molecule has 0 saturated carbocycles. The number of amides is 1. The Morgan fingerprint density at radius 3 is 2.67 bits per heavy atom. The third kappa shape index (κ3) is 6.11. The first-order valence-electron chi connectivity index (χ1n) is 10.1. The minimum Gasteiger partial charge on any atom is -0.496 e. The van der Waals surface area contributed by atoms with Crippen LogP contribution >= 0.6 is 0 Å². The van der Waals surface area contributed by atoms with Crippen LogP contribution in [0.5, 0.6) is 5.75 Å². The molecule has 0 spiro atoms. The standard InChI is InChI=1S/C22H22FN3O2.C2H6/c1-15-11-17(7-8-20(15)28-2)19-6-4-9-25-21(19)22(27)26-10-3-5-16-12-18(23)14-24-13-16;1-2/h4,6-9,11-14H,3,5,10H2,1-2H3,(H,26,27);1-2H3. The van der Waals surface area contributed by atoms with E-state index >= 15 is 0 Å². The maximum absolute atomic E-state index is 13.2. The summed E-state index contributed by atoms with van der Waals surface area (Å²) in [6, 6.07) is 10.9. The van der Waals surface area contributed by atoms with E-state index < -0.39 is 0 Å². The van der Waals surface area contributed by atoms with E-state index in [2.05, 4.69) is 15.3 Å². The van der Waals surface area contributed by atoms with Crippen LogP contribution in [0.4, 0.5) is 4.39 Å². The molecule has 3 rings (SSSR count). The van der Waals surface area contributed by atoms with Gasteiger partial charge in [0.15, 0.2) is 0 Å². The van der Waals surface area contributed by atoms with E-state index in [1.165, 1.54) is 12.3 Å². The molecule has 0 fully saturated rings. The second-order valence-electron chi connectivity index (χ2n) is 6.45. The zero-order chi connectivity index (χ0) is 21.9. The third-order valence-electron chi connectivity index (χ3n) is 4.42. The quantitative estimate of drug-likeness (QED) is 0.559. The molecule has 1 amide bonds. The average Bonchev–Trinajstić information content (AvgIpc) is 2.78. The summed E-state index contributed by atoms with van der Waals surface area (Å²) in [6.07, 6.45) is 5.73. The van der Waals surface area contributed by atoms with E-state index in [4.69, 9.17) is 4.74 Å². The SMILES string of the molecule is CC.COc1ccc(-c2cccnc2C(=O)NCCCc2cncc(F)c2)cc1C. The molecule has 0 radical (unpaired) electrons. The maximum Gasteiger partial charge on any atom is 0.270 e. The second-order valence-corrected chi connectivity index (χ2v) is 6.45. The predicted molar refractivity (Wildman–Crippen MR) is 117 cm³/mol. The van der Waals surface area contributed by atoms with E-state index in [1.807, 2.05) is 51.1 Å². The zero-order valence-corrected chi connectivity index (χ0v) is 17.9. The fraction of sp³-hybridized carbons (Fsp3) is 0.292. The lowest BCUT2D eigenvalue weighted by molar-refractivity contribution is 0.0949. The Bertz CT molecular complexity index is 976. The Morgan fingerprint density at radius 1 is 1.17 bits per heavy atom. The highest BCUT2D eigenvalue weighted by Gasteiger charge is 2.14. The number of pyridine rings is 2. The molecule has 1 N–H and O–H groups in total. The Balaban J connectivity index is 0.00000155. The normalized spacial score (nSPS) is 10.0. The highest BCUT2D eigenvalue weighted by Crippen LogP contribution is 2.27. The van der Waals surface area contributed by atoms with E-state index in [9.17, 15) is 9.18 Å². The minimum absolute atomic E-state index is 0.235. The van der Waals surface area contributed by atoms with Gasteiger partial charge in [0.05, 0.1) is 13.3 Å². The van der Waals surface area contributed by atoms with Gasteiger partial charge in [0.2, 0.25) is 0 Å². The number of aromatic nitrogens is 2. The van der Waals surface area contributed by atoms with Gasteiger partial charge in [-0.25, -0.2) is 4.39 Å². The van der Waals surface area contributed by atoms with Gasteiger partial charge in [-0.2, -0.15) is 0 Å². The molecule has 30 heavy (non-hydrogen) atoms. The van der Waals surface area contributed by atoms with Crippen LogP contribution in [0.2, 0.25) is 0 Å². The first-order chi connectivity index (χ1) is 14.6. The summed E-state index contributed by atoms with van der Waals surface area (Å²) in [5, 5.41) is 2.89. The van der Waals surface area contributed by atoms with Crippen molar-refractivity contribution in [2.24, 2.45) is 0 Å². The van der Waals surface area contributed by atoms with Crippen LogP contribution in [-0.4, -0.2) is 29.5 Å². The number of halogens is 1. The van der Waals surface area contributed by atoms with Gasteiger partial charge in [-0.3, -0.25) is 14.8 Å². The average molecular weight is 410 g/mol. The summed E-state index contributed by atoms with van der Waals surface area (Å²) in [6.45, 7) is 6.42. The first-order valence-corrected chi connectivity index (χ1v) is 10.1. The molecule has 2 heterocycles. The number of carbonyl (C=O) groups is 1. The van der Waals surface area contributed by atoms with Crippen molar-refractivity contribution in [2.75, 3.05) is 13.7 Å². The third-order valence-corrected chi connectivity index (χ3v) is 4.42. The number of methoxy groups -OCH3 is 1. The van der Waals surface area contributed by atoms with Crippen LogP contribution < -0.4 is 10.1 Å². The van der Waals surface area contributed by atoms with Gasteiger partial charge < -0.3 is 10.1 Å². The fourth-order valence-electron chi connectivity index (χ4n) is 3.04. The van der Waals surface area contributed by atoms with Gasteiger partial charge in [-0.1, -0.05) is 26.0 Å². The van der Waals surface area contributed by atoms with E-state index in [0.29, 0.717) is 25.1 Å². The van der Waals surface area contributed by atoms with Crippen molar-refractivity contribution >= 4 is 5.91 Å². The van der Waals surface area contributed by atoms with Crippen LogP contribution in [0.15, 0.2) is 55.0 Å². The number of aryl methyl sites for hydroxylation is 2. The summed E-state index contributed by atoms with van der Waals surface area (Å²) in [4.78, 5) is 20.7. The topological polar surface area (TPSA) is 64.1 Å². The van der Waals surface area contributed by atoms with Crippen LogP contribution in [0.25, 0.3) is 11.1 Å². The van der Waals surface area contributed by atoms with Gasteiger partial charge in [0.25, 0.3) is 5.91 Å². The van der Waals surface area contributed by atoms with Crippen molar-refractivity contribution in [1.29, 1.82) is 0 Å². The minimum atomic E-state index is -0.352. The van der Waals surface area contributed by atoms with Crippen molar-refractivity contribution in [1.82, 2.24) is 15.3 Å². The number of benzene rings is 1. The number of ether oxygens (including phenoxy) is 1. The molecule has 0 aliphatic heterocycles. The lowest BCUT2D eigenvalue weighted by Gasteiger charge is -2.11. The van der Waals surface area contributed by atoms with Crippen molar-refractivity contribution in [3.05, 3.63) is 77.6 Å². The van der Waals surface area contributed by atoms with E-state index in [-0.39, 0.29) is 11.7 Å². The Kier molecular flexibility index (Phi) is 8.94. The van der Waals surface area contributed by atoms with Crippen LogP contribution in [0, 0.1) is 12.7 Å². The number of hydrogen-bond donors (Lipinski definition) is 1. The van der Waals surface area contributed by atoms with Crippen molar-refractivity contribution in [2.45, 2.75) is 33.6 Å².